The maximum atomic E-state index is 12.3. The van der Waals surface area contributed by atoms with Gasteiger partial charge in [-0.1, -0.05) is 82.4 Å². The van der Waals surface area contributed by atoms with Gasteiger partial charge in [0.05, 0.1) is 16.8 Å². The average Bonchev–Trinajstić information content (AvgIpc) is 2.53. The lowest BCUT2D eigenvalue weighted by atomic mass is 10.1. The molecule has 0 heterocycles. The van der Waals surface area contributed by atoms with Gasteiger partial charge < -0.3 is 5.11 Å². The van der Waals surface area contributed by atoms with E-state index in [0.717, 1.165) is 18.4 Å². The van der Waals surface area contributed by atoms with Crippen LogP contribution in [0.2, 0.25) is 0 Å². The minimum Gasteiger partial charge on any atom is -0.392 e. The molecule has 0 amide bonds. The average molecular weight is 355 g/mol. The smallest absolute Gasteiger partial charge is 0.180 e. The van der Waals surface area contributed by atoms with Crippen molar-refractivity contribution in [3.63, 3.8) is 0 Å². The zero-order valence-corrected chi connectivity index (χ0v) is 16.2. The third-order valence-electron chi connectivity index (χ3n) is 4.43. The van der Waals surface area contributed by atoms with Gasteiger partial charge in [-0.3, -0.25) is 0 Å². The molecule has 3 nitrogen and oxygen atoms in total. The van der Waals surface area contributed by atoms with Gasteiger partial charge in [-0.05, 0) is 25.5 Å². The largest absolute Gasteiger partial charge is 0.392 e. The molecule has 1 N–H and O–H groups in total. The summed E-state index contributed by atoms with van der Waals surface area (Å²) in [4.78, 5) is 0.305. The number of aryl methyl sites for hydroxylation is 1. The van der Waals surface area contributed by atoms with Crippen molar-refractivity contribution in [3.8, 4) is 0 Å². The van der Waals surface area contributed by atoms with Crippen molar-refractivity contribution in [3.05, 3.63) is 29.8 Å². The molecule has 0 saturated carbocycles. The van der Waals surface area contributed by atoms with Gasteiger partial charge in [0.15, 0.2) is 9.84 Å². The van der Waals surface area contributed by atoms with Crippen LogP contribution < -0.4 is 0 Å². The first-order valence-corrected chi connectivity index (χ1v) is 11.1. The maximum absolute atomic E-state index is 12.3. The molecule has 0 spiro atoms. The van der Waals surface area contributed by atoms with E-state index < -0.39 is 15.9 Å². The number of hydrogen-bond acceptors (Lipinski definition) is 3. The van der Waals surface area contributed by atoms with Crippen LogP contribution in [0.3, 0.4) is 0 Å². The Kier molecular flexibility index (Phi) is 10.3. The SMILES string of the molecule is CCCCCCCCCCC[C@H](O)CS(=O)(=O)c1ccc(C)cc1. The predicted octanol–water partition coefficient (Wildman–Crippen LogP) is 5.05. The lowest BCUT2D eigenvalue weighted by Gasteiger charge is -2.11. The first kappa shape index (κ1) is 21.2. The van der Waals surface area contributed by atoms with E-state index in [9.17, 15) is 13.5 Å². The Hall–Kier alpha value is -0.870. The highest BCUT2D eigenvalue weighted by Gasteiger charge is 2.19. The van der Waals surface area contributed by atoms with Crippen LogP contribution in [0.1, 0.15) is 76.7 Å². The number of unbranched alkanes of at least 4 members (excludes halogenated alkanes) is 8. The third-order valence-corrected chi connectivity index (χ3v) is 6.25. The van der Waals surface area contributed by atoms with Gasteiger partial charge in [0, 0.05) is 0 Å². The lowest BCUT2D eigenvalue weighted by molar-refractivity contribution is 0.182. The van der Waals surface area contributed by atoms with Gasteiger partial charge in [0.1, 0.15) is 0 Å². The molecular formula is C20H34O3S. The molecule has 0 saturated heterocycles. The number of aliphatic hydroxyl groups excluding tert-OH is 1. The molecular weight excluding hydrogens is 320 g/mol. The van der Waals surface area contributed by atoms with Crippen LogP contribution in [0.4, 0.5) is 0 Å². The maximum Gasteiger partial charge on any atom is 0.180 e. The van der Waals surface area contributed by atoms with Crippen molar-refractivity contribution in [2.24, 2.45) is 0 Å². The Bertz CT molecular complexity index is 535. The number of benzene rings is 1. The van der Waals surface area contributed by atoms with E-state index in [2.05, 4.69) is 6.92 Å². The van der Waals surface area contributed by atoms with Crippen LogP contribution in [0.25, 0.3) is 0 Å². The summed E-state index contributed by atoms with van der Waals surface area (Å²) in [6.07, 6.45) is 10.8. The molecule has 4 heteroatoms. The first-order chi connectivity index (χ1) is 11.5. The van der Waals surface area contributed by atoms with Crippen LogP contribution in [0, 0.1) is 6.92 Å². The van der Waals surface area contributed by atoms with E-state index in [1.54, 1.807) is 24.3 Å². The minimum atomic E-state index is -3.39. The van der Waals surface area contributed by atoms with Gasteiger partial charge in [-0.2, -0.15) is 0 Å². The fourth-order valence-corrected chi connectivity index (χ4v) is 4.29. The molecule has 0 fully saturated rings. The fourth-order valence-electron chi connectivity index (χ4n) is 2.87. The molecule has 0 aliphatic carbocycles. The van der Waals surface area contributed by atoms with E-state index in [1.807, 2.05) is 6.92 Å². The van der Waals surface area contributed by atoms with E-state index in [0.29, 0.717) is 11.3 Å². The summed E-state index contributed by atoms with van der Waals surface area (Å²) in [5.74, 6) is -0.174. The molecule has 0 unspecified atom stereocenters. The second-order valence-corrected chi connectivity index (χ2v) is 8.90. The van der Waals surface area contributed by atoms with Crippen molar-refractivity contribution < 1.29 is 13.5 Å². The summed E-state index contributed by atoms with van der Waals surface area (Å²) in [5.41, 5.74) is 1.03. The number of rotatable bonds is 13. The zero-order chi connectivity index (χ0) is 17.8. The molecule has 1 rings (SSSR count). The highest BCUT2D eigenvalue weighted by atomic mass is 32.2. The molecule has 0 radical (unpaired) electrons. The monoisotopic (exact) mass is 354 g/mol. The van der Waals surface area contributed by atoms with Crippen LogP contribution in [-0.4, -0.2) is 25.4 Å². The molecule has 0 bridgehead atoms. The van der Waals surface area contributed by atoms with Gasteiger partial charge in [-0.15, -0.1) is 0 Å². The zero-order valence-electron chi connectivity index (χ0n) is 15.3. The molecule has 0 aromatic heterocycles. The Labute approximate surface area is 148 Å². The number of hydrogen-bond donors (Lipinski definition) is 1. The van der Waals surface area contributed by atoms with Gasteiger partial charge >= 0.3 is 0 Å². The summed E-state index contributed by atoms with van der Waals surface area (Å²) < 4.78 is 24.5. The quantitative estimate of drug-likeness (QED) is 0.504. The summed E-state index contributed by atoms with van der Waals surface area (Å²) in [6, 6.07) is 6.82. The van der Waals surface area contributed by atoms with E-state index >= 15 is 0 Å². The van der Waals surface area contributed by atoms with E-state index in [4.69, 9.17) is 0 Å². The van der Waals surface area contributed by atoms with Crippen molar-refractivity contribution >= 4 is 9.84 Å². The minimum absolute atomic E-state index is 0.174. The molecule has 1 aromatic carbocycles. The summed E-state index contributed by atoms with van der Waals surface area (Å²) in [5, 5.41) is 10.0. The Morgan fingerprint density at radius 3 is 1.92 bits per heavy atom. The van der Waals surface area contributed by atoms with Crippen LogP contribution in [-0.2, 0) is 9.84 Å². The third kappa shape index (κ3) is 8.84. The fraction of sp³-hybridized carbons (Fsp3) is 0.700. The van der Waals surface area contributed by atoms with Gasteiger partial charge in [0.2, 0.25) is 0 Å². The van der Waals surface area contributed by atoms with Crippen molar-refractivity contribution in [1.29, 1.82) is 0 Å². The number of sulfone groups is 1. The Morgan fingerprint density at radius 1 is 0.875 bits per heavy atom. The van der Waals surface area contributed by atoms with Crippen LogP contribution >= 0.6 is 0 Å². The Morgan fingerprint density at radius 2 is 1.38 bits per heavy atom. The van der Waals surface area contributed by atoms with Crippen molar-refractivity contribution in [2.75, 3.05) is 5.75 Å². The lowest BCUT2D eigenvalue weighted by Crippen LogP contribution is -2.21. The molecule has 24 heavy (non-hydrogen) atoms. The molecule has 0 aliphatic rings. The summed E-state index contributed by atoms with van der Waals surface area (Å²) >= 11 is 0. The molecule has 138 valence electrons. The highest BCUT2D eigenvalue weighted by molar-refractivity contribution is 7.91. The van der Waals surface area contributed by atoms with Crippen molar-refractivity contribution in [1.82, 2.24) is 0 Å². The normalized spacial score (nSPS) is 13.1. The van der Waals surface area contributed by atoms with E-state index in [1.165, 1.54) is 44.9 Å². The summed E-state index contributed by atoms with van der Waals surface area (Å²) in [7, 11) is -3.39. The predicted molar refractivity (Wildman–Crippen MR) is 101 cm³/mol. The van der Waals surface area contributed by atoms with Gasteiger partial charge in [0.25, 0.3) is 0 Å². The van der Waals surface area contributed by atoms with Crippen molar-refractivity contribution in [2.45, 2.75) is 89.1 Å². The second-order valence-electron chi connectivity index (χ2n) is 6.87. The topological polar surface area (TPSA) is 54.4 Å². The molecule has 0 aliphatic heterocycles. The first-order valence-electron chi connectivity index (χ1n) is 9.43. The second kappa shape index (κ2) is 11.6. The Balaban J connectivity index is 2.17. The molecule has 1 atom stereocenters. The van der Waals surface area contributed by atoms with E-state index in [-0.39, 0.29) is 5.75 Å². The van der Waals surface area contributed by atoms with Gasteiger partial charge in [-0.25, -0.2) is 8.42 Å². The number of aliphatic hydroxyl groups is 1. The van der Waals surface area contributed by atoms with Crippen LogP contribution in [0.5, 0.6) is 0 Å². The molecule has 1 aromatic rings. The highest BCUT2D eigenvalue weighted by Crippen LogP contribution is 2.16. The summed E-state index contributed by atoms with van der Waals surface area (Å²) in [6.45, 7) is 4.15. The standard InChI is InChI=1S/C20H34O3S/c1-3-4-5-6-7-8-9-10-11-12-19(21)17-24(22,23)20-15-13-18(2)14-16-20/h13-16,19,21H,3-12,17H2,1-2H3/t19-/m0/s1. The van der Waals surface area contributed by atoms with Crippen LogP contribution in [0.15, 0.2) is 29.2 Å².